The molecule has 14 heteroatoms. The number of anilines is 1. The Morgan fingerprint density at radius 3 is 2.36 bits per heavy atom. The van der Waals surface area contributed by atoms with Crippen LogP contribution in [-0.2, 0) is 33.0 Å². The normalized spacial score (nSPS) is 22.3. The summed E-state index contributed by atoms with van der Waals surface area (Å²) in [6.45, 7) is -0.112. The molecule has 2 heterocycles. The predicted molar refractivity (Wildman–Crippen MR) is 175 cm³/mol. The minimum Gasteiger partial charge on any atom is -0.357 e. The van der Waals surface area contributed by atoms with E-state index in [4.69, 9.17) is 27.9 Å². The van der Waals surface area contributed by atoms with Crippen molar-refractivity contribution in [2.45, 2.75) is 61.6 Å². The standard InChI is InChI=1S/C33H33Cl2FN6O4S/c1-40-38-30(37-39-40)18-29-33(43)42(31(21-11-13-23(34)14-12-21)32(46-29)22-5-4-6-24(35)17-22)28(20-9-10-20)19-41(47(44,45)25-15-16-25)27-8-3-2-7-26(27)36/h2-8,11-14,17,20,25,28-29,31-32H,9-10,15-16,18-19H2,1H3/t28-,29-,31-,32-/m1/s1. The predicted octanol–water partition coefficient (Wildman–Crippen LogP) is 5.69. The molecule has 1 aromatic heterocycles. The molecule has 4 aromatic rings. The number of aromatic nitrogens is 4. The fourth-order valence-corrected chi connectivity index (χ4v) is 8.63. The lowest BCUT2D eigenvalue weighted by Gasteiger charge is -2.49. The van der Waals surface area contributed by atoms with Crippen molar-refractivity contribution in [3.8, 4) is 0 Å². The molecule has 47 heavy (non-hydrogen) atoms. The first kappa shape index (κ1) is 32.0. The Bertz CT molecular complexity index is 1890. The summed E-state index contributed by atoms with van der Waals surface area (Å²) in [5.41, 5.74) is 1.45. The molecule has 246 valence electrons. The Morgan fingerprint density at radius 2 is 1.72 bits per heavy atom. The highest BCUT2D eigenvalue weighted by Crippen LogP contribution is 2.49. The second-order valence-electron chi connectivity index (χ2n) is 12.4. The number of nitrogens with zero attached hydrogens (tertiary/aromatic N) is 6. The molecule has 0 unspecified atom stereocenters. The molecular weight excluding hydrogens is 666 g/mol. The van der Waals surface area contributed by atoms with E-state index in [0.717, 1.165) is 24.0 Å². The van der Waals surface area contributed by atoms with Gasteiger partial charge in [0.1, 0.15) is 18.0 Å². The molecule has 3 aliphatic rings. The lowest BCUT2D eigenvalue weighted by Crippen LogP contribution is -2.59. The fraction of sp³-hybridized carbons (Fsp3) is 0.394. The number of rotatable bonds is 11. The quantitative estimate of drug-likeness (QED) is 0.198. The molecular formula is C33H33Cl2FN6O4S. The third kappa shape index (κ3) is 6.61. The van der Waals surface area contributed by atoms with Gasteiger partial charge in [-0.15, -0.1) is 10.2 Å². The van der Waals surface area contributed by atoms with Gasteiger partial charge >= 0.3 is 0 Å². The molecule has 2 aliphatic carbocycles. The fourth-order valence-electron chi connectivity index (χ4n) is 6.43. The molecule has 1 aliphatic heterocycles. The van der Waals surface area contributed by atoms with Crippen LogP contribution in [0.5, 0.6) is 0 Å². The van der Waals surface area contributed by atoms with Crippen molar-refractivity contribution in [3.63, 3.8) is 0 Å². The van der Waals surface area contributed by atoms with Gasteiger partial charge < -0.3 is 9.64 Å². The second kappa shape index (κ2) is 12.8. The van der Waals surface area contributed by atoms with Crippen LogP contribution in [0.25, 0.3) is 0 Å². The summed E-state index contributed by atoms with van der Waals surface area (Å²) in [5.74, 6) is -0.680. The van der Waals surface area contributed by atoms with Crippen molar-refractivity contribution in [2.24, 2.45) is 13.0 Å². The summed E-state index contributed by atoms with van der Waals surface area (Å²) < 4.78 is 51.2. The first-order valence-electron chi connectivity index (χ1n) is 15.6. The summed E-state index contributed by atoms with van der Waals surface area (Å²) >= 11 is 12.8. The first-order chi connectivity index (χ1) is 22.6. The van der Waals surface area contributed by atoms with Crippen molar-refractivity contribution >= 4 is 44.8 Å². The molecule has 7 rings (SSSR count). The van der Waals surface area contributed by atoms with E-state index in [-0.39, 0.29) is 30.5 Å². The Morgan fingerprint density at radius 1 is 0.979 bits per heavy atom. The van der Waals surface area contributed by atoms with Crippen LogP contribution in [0.1, 0.15) is 54.8 Å². The van der Waals surface area contributed by atoms with Gasteiger partial charge in [0, 0.05) is 16.5 Å². The van der Waals surface area contributed by atoms with Crippen molar-refractivity contribution in [1.82, 2.24) is 25.1 Å². The molecule has 3 fully saturated rings. The van der Waals surface area contributed by atoms with Gasteiger partial charge in [0.15, 0.2) is 5.82 Å². The summed E-state index contributed by atoms with van der Waals surface area (Å²) in [6.07, 6.45) is 0.907. The number of carbonyl (C=O) groups excluding carboxylic acids is 1. The summed E-state index contributed by atoms with van der Waals surface area (Å²) in [5, 5.41) is 12.7. The maximum Gasteiger partial charge on any atom is 0.253 e. The smallest absolute Gasteiger partial charge is 0.253 e. The number of hydrogen-bond donors (Lipinski definition) is 0. The number of morpholine rings is 1. The van der Waals surface area contributed by atoms with E-state index in [9.17, 15) is 13.2 Å². The zero-order valence-corrected chi connectivity index (χ0v) is 27.8. The zero-order chi connectivity index (χ0) is 32.9. The topological polar surface area (TPSA) is 111 Å². The third-order valence-corrected chi connectivity index (χ3v) is 11.7. The van der Waals surface area contributed by atoms with Gasteiger partial charge in [-0.1, -0.05) is 59.6 Å². The Labute approximate surface area is 282 Å². The van der Waals surface area contributed by atoms with E-state index in [2.05, 4.69) is 15.4 Å². The van der Waals surface area contributed by atoms with Crippen LogP contribution in [-0.4, -0.2) is 63.4 Å². The summed E-state index contributed by atoms with van der Waals surface area (Å²) in [7, 11) is -2.28. The van der Waals surface area contributed by atoms with E-state index >= 15 is 4.39 Å². The van der Waals surface area contributed by atoms with Gasteiger partial charge in [0.2, 0.25) is 10.0 Å². The monoisotopic (exact) mass is 698 g/mol. The molecule has 0 N–H and O–H groups in total. The van der Waals surface area contributed by atoms with Crippen LogP contribution < -0.4 is 4.31 Å². The lowest BCUT2D eigenvalue weighted by molar-refractivity contribution is -0.179. The average molecular weight is 700 g/mol. The van der Waals surface area contributed by atoms with Gasteiger partial charge in [-0.2, -0.15) is 4.80 Å². The Kier molecular flexibility index (Phi) is 8.71. The number of tetrazole rings is 1. The minimum atomic E-state index is -3.92. The van der Waals surface area contributed by atoms with E-state index in [1.54, 1.807) is 42.3 Å². The van der Waals surface area contributed by atoms with Gasteiger partial charge in [-0.25, -0.2) is 12.8 Å². The van der Waals surface area contributed by atoms with Crippen molar-refractivity contribution in [2.75, 3.05) is 10.8 Å². The Balaban J connectivity index is 1.37. The van der Waals surface area contributed by atoms with Gasteiger partial charge in [0.25, 0.3) is 5.91 Å². The van der Waals surface area contributed by atoms with Crippen LogP contribution in [0.3, 0.4) is 0 Å². The zero-order valence-electron chi connectivity index (χ0n) is 25.5. The van der Waals surface area contributed by atoms with Crippen molar-refractivity contribution in [1.29, 1.82) is 0 Å². The largest absolute Gasteiger partial charge is 0.357 e. The van der Waals surface area contributed by atoms with Gasteiger partial charge in [-0.3, -0.25) is 9.10 Å². The van der Waals surface area contributed by atoms with Gasteiger partial charge in [-0.05, 0) is 84.3 Å². The van der Waals surface area contributed by atoms with E-state index < -0.39 is 45.4 Å². The van der Waals surface area contributed by atoms with Crippen LogP contribution in [0.2, 0.25) is 10.0 Å². The Hall–Kier alpha value is -3.58. The SMILES string of the molecule is Cn1nnc(C[C@H]2O[C@H](c3cccc(Cl)c3)[C@@H](c3ccc(Cl)cc3)N([C@H](CN(c3ccccc3F)S(=O)(=O)C3CC3)C3CC3)C2=O)n1. The molecule has 0 bridgehead atoms. The highest BCUT2D eigenvalue weighted by atomic mass is 35.5. The lowest BCUT2D eigenvalue weighted by atomic mass is 9.89. The molecule has 1 amide bonds. The van der Waals surface area contributed by atoms with Crippen LogP contribution in [0, 0.1) is 11.7 Å². The maximum absolute atomic E-state index is 15.4. The summed E-state index contributed by atoms with van der Waals surface area (Å²) in [6, 6.07) is 19.0. The summed E-state index contributed by atoms with van der Waals surface area (Å²) in [4.78, 5) is 17.9. The van der Waals surface area contributed by atoms with E-state index in [1.807, 2.05) is 24.3 Å². The molecule has 3 aromatic carbocycles. The molecule has 4 atom stereocenters. The van der Waals surface area contributed by atoms with Gasteiger partial charge in [0.05, 0.1) is 36.6 Å². The number of aryl methyl sites for hydroxylation is 1. The van der Waals surface area contributed by atoms with Crippen LogP contribution in [0.4, 0.5) is 10.1 Å². The first-order valence-corrected chi connectivity index (χ1v) is 17.8. The third-order valence-electron chi connectivity index (χ3n) is 8.98. The number of sulfonamides is 1. The van der Waals surface area contributed by atoms with Crippen molar-refractivity contribution in [3.05, 3.63) is 106 Å². The van der Waals surface area contributed by atoms with Crippen molar-refractivity contribution < 1.29 is 22.3 Å². The van der Waals surface area contributed by atoms with E-state index in [1.165, 1.54) is 27.3 Å². The molecule has 0 radical (unpaired) electrons. The number of carbonyl (C=O) groups is 1. The number of benzene rings is 3. The maximum atomic E-state index is 15.4. The van der Waals surface area contributed by atoms with Crippen LogP contribution >= 0.6 is 23.2 Å². The molecule has 0 spiro atoms. The highest BCUT2D eigenvalue weighted by molar-refractivity contribution is 7.93. The number of amides is 1. The van der Waals surface area contributed by atoms with E-state index in [0.29, 0.717) is 28.7 Å². The number of hydrogen-bond acceptors (Lipinski definition) is 7. The number of ether oxygens (including phenoxy) is 1. The number of para-hydroxylation sites is 1. The number of halogens is 3. The average Bonchev–Trinajstić information content (AvgIpc) is 3.98. The molecule has 10 nitrogen and oxygen atoms in total. The second-order valence-corrected chi connectivity index (χ2v) is 15.4. The molecule has 1 saturated heterocycles. The molecule has 2 saturated carbocycles. The van der Waals surface area contributed by atoms with Crippen LogP contribution in [0.15, 0.2) is 72.8 Å². The highest BCUT2D eigenvalue weighted by Gasteiger charge is 2.52. The minimum absolute atomic E-state index is 0.0224.